The molecule has 0 unspecified atom stereocenters. The number of benzene rings is 1. The fourth-order valence-electron chi connectivity index (χ4n) is 1.93. The summed E-state index contributed by atoms with van der Waals surface area (Å²) in [4.78, 5) is 11.7. The number of nitrogens with one attached hydrogen (secondary N) is 1. The number of hydrazone groups is 1. The van der Waals surface area contributed by atoms with Gasteiger partial charge in [-0.25, -0.2) is 5.43 Å². The van der Waals surface area contributed by atoms with Gasteiger partial charge in [0.15, 0.2) is 0 Å². The topological polar surface area (TPSA) is 61.7 Å². The number of nitrogens with zero attached hydrogens (tertiary/aromatic N) is 1. The van der Waals surface area contributed by atoms with Gasteiger partial charge in [-0.15, -0.1) is 0 Å². The molecule has 0 bridgehead atoms. The number of carbonyl (C=O) groups is 1. The molecule has 0 spiro atoms. The highest BCUT2D eigenvalue weighted by Crippen LogP contribution is 2.21. The molecule has 1 aromatic carbocycles. The lowest BCUT2D eigenvalue weighted by molar-refractivity contribution is 0.0954. The molecule has 0 aliphatic heterocycles. The first-order chi connectivity index (χ1) is 8.15. The van der Waals surface area contributed by atoms with Crippen molar-refractivity contribution >= 4 is 11.6 Å². The normalized spacial score (nSPS) is 21.7. The summed E-state index contributed by atoms with van der Waals surface area (Å²) in [6.07, 6.45) is 3.08. The van der Waals surface area contributed by atoms with Crippen LogP contribution in [0.5, 0.6) is 5.75 Å². The molecule has 0 radical (unpaired) electrons. The summed E-state index contributed by atoms with van der Waals surface area (Å²) in [6.45, 7) is 2.18. The molecule has 2 N–H and O–H groups in total. The Morgan fingerprint density at radius 2 is 2.12 bits per heavy atom. The summed E-state index contributed by atoms with van der Waals surface area (Å²) < 4.78 is 0. The molecule has 1 aromatic rings. The molecule has 0 heterocycles. The van der Waals surface area contributed by atoms with Crippen molar-refractivity contribution in [1.82, 2.24) is 5.43 Å². The first kappa shape index (κ1) is 11.6. The summed E-state index contributed by atoms with van der Waals surface area (Å²) in [6, 6.07) is 6.11. The second-order valence-corrected chi connectivity index (χ2v) is 4.51. The van der Waals surface area contributed by atoms with E-state index in [0.29, 0.717) is 11.5 Å². The first-order valence-electron chi connectivity index (χ1n) is 5.80. The van der Waals surface area contributed by atoms with Gasteiger partial charge >= 0.3 is 0 Å². The summed E-state index contributed by atoms with van der Waals surface area (Å²) in [5, 5.41) is 13.2. The first-order valence-corrected chi connectivity index (χ1v) is 5.80. The second-order valence-electron chi connectivity index (χ2n) is 4.51. The van der Waals surface area contributed by atoms with E-state index < -0.39 is 0 Å². The fourth-order valence-corrected chi connectivity index (χ4v) is 1.93. The molecular formula is C13H16N2O2. The van der Waals surface area contributed by atoms with E-state index in [0.717, 1.165) is 25.0 Å². The highest BCUT2D eigenvalue weighted by atomic mass is 16.3. The van der Waals surface area contributed by atoms with Gasteiger partial charge in [0.25, 0.3) is 5.91 Å². The Morgan fingerprint density at radius 3 is 2.71 bits per heavy atom. The average molecular weight is 232 g/mol. The third-order valence-corrected chi connectivity index (χ3v) is 2.95. The average Bonchev–Trinajstić information content (AvgIpc) is 2.73. The monoisotopic (exact) mass is 232 g/mol. The Kier molecular flexibility index (Phi) is 3.42. The molecule has 90 valence electrons. The number of hydrogen-bond donors (Lipinski definition) is 2. The van der Waals surface area contributed by atoms with Crippen LogP contribution in [0.25, 0.3) is 0 Å². The molecule has 1 aliphatic carbocycles. The molecule has 4 heteroatoms. The van der Waals surface area contributed by atoms with Crippen molar-refractivity contribution in [2.24, 2.45) is 11.0 Å². The van der Waals surface area contributed by atoms with Gasteiger partial charge in [-0.3, -0.25) is 4.79 Å². The minimum Gasteiger partial charge on any atom is -0.508 e. The van der Waals surface area contributed by atoms with Gasteiger partial charge in [0.1, 0.15) is 5.75 Å². The standard InChI is InChI=1S/C13H16N2O2/c1-9-2-5-11(8-9)14-15-13(17)10-3-6-12(16)7-4-10/h3-4,6-7,9,16H,2,5,8H2,1H3,(H,15,17)/b14-11+/t9-/m1/s1. The largest absolute Gasteiger partial charge is 0.508 e. The number of aromatic hydroxyl groups is 1. The molecule has 1 aliphatic rings. The van der Waals surface area contributed by atoms with Gasteiger partial charge in [0.05, 0.1) is 0 Å². The van der Waals surface area contributed by atoms with Crippen LogP contribution in [0.4, 0.5) is 0 Å². The number of carbonyl (C=O) groups excluding carboxylic acids is 1. The summed E-state index contributed by atoms with van der Waals surface area (Å²) in [7, 11) is 0. The Bertz CT molecular complexity index is 437. The minimum atomic E-state index is -0.239. The predicted octanol–water partition coefficient (Wildman–Crippen LogP) is 2.30. The van der Waals surface area contributed by atoms with E-state index in [-0.39, 0.29) is 11.7 Å². The van der Waals surface area contributed by atoms with Crippen LogP contribution in [-0.4, -0.2) is 16.7 Å². The van der Waals surface area contributed by atoms with E-state index >= 15 is 0 Å². The van der Waals surface area contributed by atoms with E-state index in [1.807, 2.05) is 0 Å². The van der Waals surface area contributed by atoms with Crippen molar-refractivity contribution in [3.63, 3.8) is 0 Å². The molecule has 1 atom stereocenters. The summed E-state index contributed by atoms with van der Waals surface area (Å²) >= 11 is 0. The van der Waals surface area contributed by atoms with Crippen LogP contribution >= 0.6 is 0 Å². The van der Waals surface area contributed by atoms with Gasteiger partial charge < -0.3 is 5.11 Å². The zero-order valence-electron chi connectivity index (χ0n) is 9.81. The Morgan fingerprint density at radius 1 is 1.41 bits per heavy atom. The van der Waals surface area contributed by atoms with Crippen LogP contribution in [0.3, 0.4) is 0 Å². The zero-order chi connectivity index (χ0) is 12.3. The highest BCUT2D eigenvalue weighted by Gasteiger charge is 2.16. The predicted molar refractivity (Wildman–Crippen MR) is 66.0 cm³/mol. The number of phenolic OH excluding ortho intramolecular Hbond substituents is 1. The lowest BCUT2D eigenvalue weighted by atomic mass is 10.1. The van der Waals surface area contributed by atoms with Crippen LogP contribution in [0.1, 0.15) is 36.5 Å². The van der Waals surface area contributed by atoms with Crippen LogP contribution in [0, 0.1) is 5.92 Å². The number of hydrogen-bond acceptors (Lipinski definition) is 3. The molecule has 0 saturated heterocycles. The van der Waals surface area contributed by atoms with Gasteiger partial charge in [0, 0.05) is 11.3 Å². The number of phenols is 1. The van der Waals surface area contributed by atoms with Crippen LogP contribution in [0.2, 0.25) is 0 Å². The van der Waals surface area contributed by atoms with E-state index in [1.54, 1.807) is 12.1 Å². The van der Waals surface area contributed by atoms with Crippen LogP contribution in [-0.2, 0) is 0 Å². The SMILES string of the molecule is C[C@@H]1CC/C(=N\NC(=O)c2ccc(O)cc2)C1. The molecule has 17 heavy (non-hydrogen) atoms. The van der Waals surface area contributed by atoms with E-state index in [1.165, 1.54) is 12.1 Å². The molecule has 1 amide bonds. The molecule has 2 rings (SSSR count). The molecule has 1 saturated carbocycles. The van der Waals surface area contributed by atoms with Gasteiger partial charge in [-0.1, -0.05) is 6.92 Å². The van der Waals surface area contributed by atoms with Gasteiger partial charge in [-0.05, 0) is 49.4 Å². The third-order valence-electron chi connectivity index (χ3n) is 2.95. The van der Waals surface area contributed by atoms with E-state index in [2.05, 4.69) is 17.5 Å². The Labute approximate surface area is 100 Å². The minimum absolute atomic E-state index is 0.150. The number of amides is 1. The molecule has 0 aromatic heterocycles. The quantitative estimate of drug-likeness (QED) is 0.768. The maximum absolute atomic E-state index is 11.7. The smallest absolute Gasteiger partial charge is 0.271 e. The molecule has 1 fully saturated rings. The van der Waals surface area contributed by atoms with Crippen molar-refractivity contribution < 1.29 is 9.90 Å². The molecule has 4 nitrogen and oxygen atoms in total. The second kappa shape index (κ2) is 4.99. The van der Waals surface area contributed by atoms with Crippen molar-refractivity contribution in [3.05, 3.63) is 29.8 Å². The van der Waals surface area contributed by atoms with Crippen molar-refractivity contribution in [2.45, 2.75) is 26.2 Å². The lowest BCUT2D eigenvalue weighted by Gasteiger charge is -2.01. The van der Waals surface area contributed by atoms with Gasteiger partial charge in [-0.2, -0.15) is 5.10 Å². The lowest BCUT2D eigenvalue weighted by Crippen LogP contribution is -2.18. The maximum Gasteiger partial charge on any atom is 0.271 e. The molecular weight excluding hydrogens is 216 g/mol. The Balaban J connectivity index is 1.95. The van der Waals surface area contributed by atoms with Crippen molar-refractivity contribution in [3.8, 4) is 5.75 Å². The van der Waals surface area contributed by atoms with Crippen LogP contribution in [0.15, 0.2) is 29.4 Å². The maximum atomic E-state index is 11.7. The van der Waals surface area contributed by atoms with Crippen LogP contribution < -0.4 is 5.43 Å². The van der Waals surface area contributed by atoms with Crippen molar-refractivity contribution in [1.29, 1.82) is 0 Å². The third kappa shape index (κ3) is 3.06. The fraction of sp³-hybridized carbons (Fsp3) is 0.385. The highest BCUT2D eigenvalue weighted by molar-refractivity contribution is 5.95. The van der Waals surface area contributed by atoms with E-state index in [4.69, 9.17) is 5.11 Å². The van der Waals surface area contributed by atoms with Gasteiger partial charge in [0.2, 0.25) is 0 Å². The van der Waals surface area contributed by atoms with Crippen molar-refractivity contribution in [2.75, 3.05) is 0 Å². The summed E-state index contributed by atoms with van der Waals surface area (Å²) in [5.74, 6) is 0.578. The number of rotatable bonds is 2. The van der Waals surface area contributed by atoms with E-state index in [9.17, 15) is 4.79 Å². The summed E-state index contributed by atoms with van der Waals surface area (Å²) in [5.41, 5.74) is 4.11. The Hall–Kier alpha value is -1.84. The zero-order valence-corrected chi connectivity index (χ0v) is 9.81.